The van der Waals surface area contributed by atoms with Gasteiger partial charge in [-0.25, -0.2) is 8.78 Å². The Morgan fingerprint density at radius 3 is 2.11 bits per heavy atom. The van der Waals surface area contributed by atoms with Crippen molar-refractivity contribution in [3.8, 4) is 0 Å². The van der Waals surface area contributed by atoms with E-state index in [1.165, 1.54) is 24.3 Å². The van der Waals surface area contributed by atoms with Gasteiger partial charge in [-0.2, -0.15) is 0 Å². The second-order valence-electron chi connectivity index (χ2n) is 7.30. The maximum absolute atomic E-state index is 13.5. The third kappa shape index (κ3) is 4.36. The minimum Gasteiger partial charge on any atom is -0.326 e. The molecule has 1 saturated heterocycles. The molecule has 28 heavy (non-hydrogen) atoms. The van der Waals surface area contributed by atoms with Crippen molar-refractivity contribution in [1.82, 2.24) is 5.32 Å². The van der Waals surface area contributed by atoms with E-state index >= 15 is 0 Å². The van der Waals surface area contributed by atoms with Gasteiger partial charge in [0.2, 0.25) is 11.8 Å². The van der Waals surface area contributed by atoms with E-state index in [1.54, 1.807) is 26.0 Å². The topological polar surface area (TPSA) is 70.2 Å². The average molecular weight is 387 g/mol. The average Bonchev–Trinajstić information content (AvgIpc) is 3.11. The number of benzene rings is 2. The number of anilines is 2. The summed E-state index contributed by atoms with van der Waals surface area (Å²) in [4.78, 5) is 25.6. The monoisotopic (exact) mass is 387 g/mol. The number of hydrogen-bond acceptors (Lipinski definition) is 3. The minimum absolute atomic E-state index is 0.0594. The quantitative estimate of drug-likeness (QED) is 0.735. The Morgan fingerprint density at radius 1 is 1.00 bits per heavy atom. The van der Waals surface area contributed by atoms with Gasteiger partial charge in [-0.1, -0.05) is 12.1 Å². The molecular weight excluding hydrogens is 364 g/mol. The maximum atomic E-state index is 13.5. The van der Waals surface area contributed by atoms with Gasteiger partial charge >= 0.3 is 0 Å². The predicted octanol–water partition coefficient (Wildman–Crippen LogP) is 3.53. The zero-order valence-corrected chi connectivity index (χ0v) is 15.9. The van der Waals surface area contributed by atoms with E-state index < -0.39 is 17.0 Å². The van der Waals surface area contributed by atoms with E-state index in [-0.39, 0.29) is 18.2 Å². The van der Waals surface area contributed by atoms with E-state index in [2.05, 4.69) is 16.0 Å². The standard InChI is InChI=1S/C21H23F2N3O2/c1-13-3-5-15(22)9-17(13)25-19(27)11-21(7-8-24-12-21)20(28)26-18-10-16(23)6-4-14(18)2/h3-6,9-10,24H,7-8,11-12H2,1-2H3,(H,25,27)(H,26,28). The summed E-state index contributed by atoms with van der Waals surface area (Å²) in [5.74, 6) is -1.60. The van der Waals surface area contributed by atoms with Crippen molar-refractivity contribution in [2.24, 2.45) is 5.41 Å². The summed E-state index contributed by atoms with van der Waals surface area (Å²) in [6.45, 7) is 4.47. The second-order valence-corrected chi connectivity index (χ2v) is 7.30. The molecule has 1 aliphatic heterocycles. The molecule has 1 fully saturated rings. The lowest BCUT2D eigenvalue weighted by molar-refractivity contribution is -0.129. The number of hydrogen-bond donors (Lipinski definition) is 3. The van der Waals surface area contributed by atoms with E-state index in [1.807, 2.05) is 0 Å². The van der Waals surface area contributed by atoms with Crippen molar-refractivity contribution in [3.63, 3.8) is 0 Å². The summed E-state index contributed by atoms with van der Waals surface area (Å²) in [5, 5.41) is 8.58. The summed E-state index contributed by atoms with van der Waals surface area (Å²) in [6, 6.07) is 8.33. The van der Waals surface area contributed by atoms with Gasteiger partial charge in [-0.05, 0) is 62.2 Å². The molecule has 1 atom stereocenters. The van der Waals surface area contributed by atoms with Crippen molar-refractivity contribution in [2.75, 3.05) is 23.7 Å². The Labute approximate surface area is 162 Å². The van der Waals surface area contributed by atoms with Crippen LogP contribution in [-0.2, 0) is 9.59 Å². The molecule has 0 aromatic heterocycles. The molecule has 1 unspecified atom stereocenters. The third-order valence-corrected chi connectivity index (χ3v) is 5.15. The van der Waals surface area contributed by atoms with Gasteiger partial charge in [0, 0.05) is 24.3 Å². The first-order chi connectivity index (χ1) is 13.3. The normalized spacial score (nSPS) is 18.7. The van der Waals surface area contributed by atoms with E-state index in [9.17, 15) is 18.4 Å². The molecule has 3 N–H and O–H groups in total. The van der Waals surface area contributed by atoms with Gasteiger partial charge in [0.05, 0.1) is 5.41 Å². The molecule has 2 amide bonds. The first-order valence-electron chi connectivity index (χ1n) is 9.13. The molecule has 0 aliphatic carbocycles. The number of halogens is 2. The fourth-order valence-corrected chi connectivity index (χ4v) is 3.38. The van der Waals surface area contributed by atoms with Gasteiger partial charge < -0.3 is 16.0 Å². The molecule has 7 heteroatoms. The van der Waals surface area contributed by atoms with Gasteiger partial charge in [-0.15, -0.1) is 0 Å². The Hall–Kier alpha value is -2.80. The van der Waals surface area contributed by atoms with E-state index in [0.29, 0.717) is 30.9 Å². The highest BCUT2D eigenvalue weighted by Crippen LogP contribution is 2.33. The van der Waals surface area contributed by atoms with Crippen LogP contribution in [-0.4, -0.2) is 24.9 Å². The van der Waals surface area contributed by atoms with Crippen LogP contribution in [0.5, 0.6) is 0 Å². The maximum Gasteiger partial charge on any atom is 0.232 e. The molecule has 1 aliphatic rings. The van der Waals surface area contributed by atoms with Crippen LogP contribution in [0.2, 0.25) is 0 Å². The zero-order chi connectivity index (χ0) is 20.3. The summed E-state index contributed by atoms with van der Waals surface area (Å²) >= 11 is 0. The fraction of sp³-hybridized carbons (Fsp3) is 0.333. The van der Waals surface area contributed by atoms with Crippen LogP contribution in [0.15, 0.2) is 36.4 Å². The van der Waals surface area contributed by atoms with Crippen molar-refractivity contribution < 1.29 is 18.4 Å². The van der Waals surface area contributed by atoms with Crippen molar-refractivity contribution in [3.05, 3.63) is 59.2 Å². The van der Waals surface area contributed by atoms with Crippen LogP contribution in [0.3, 0.4) is 0 Å². The summed E-state index contributed by atoms with van der Waals surface area (Å²) < 4.78 is 27.0. The number of rotatable bonds is 5. The van der Waals surface area contributed by atoms with E-state index in [4.69, 9.17) is 0 Å². The lowest BCUT2D eigenvalue weighted by atomic mass is 9.82. The zero-order valence-electron chi connectivity index (χ0n) is 15.9. The Bertz CT molecular complexity index is 909. The Balaban J connectivity index is 1.76. The van der Waals surface area contributed by atoms with Crippen LogP contribution in [0.25, 0.3) is 0 Å². The highest BCUT2D eigenvalue weighted by Gasteiger charge is 2.43. The summed E-state index contributed by atoms with van der Waals surface area (Å²) in [7, 11) is 0. The second kappa shape index (κ2) is 8.06. The summed E-state index contributed by atoms with van der Waals surface area (Å²) in [5.41, 5.74) is 1.28. The number of carbonyl (C=O) groups is 2. The minimum atomic E-state index is -0.954. The number of amides is 2. The van der Waals surface area contributed by atoms with E-state index in [0.717, 1.165) is 11.1 Å². The number of carbonyl (C=O) groups excluding carboxylic acids is 2. The van der Waals surface area contributed by atoms with Gasteiger partial charge in [0.1, 0.15) is 11.6 Å². The molecule has 2 aromatic carbocycles. The molecule has 3 rings (SSSR count). The van der Waals surface area contributed by atoms with Crippen LogP contribution in [0.1, 0.15) is 24.0 Å². The third-order valence-electron chi connectivity index (χ3n) is 5.15. The first kappa shape index (κ1) is 19.9. The molecule has 0 spiro atoms. The van der Waals surface area contributed by atoms with Crippen LogP contribution in [0, 0.1) is 30.9 Å². The Kier molecular flexibility index (Phi) is 5.74. The largest absolute Gasteiger partial charge is 0.326 e. The molecule has 0 radical (unpaired) electrons. The van der Waals surface area contributed by atoms with Crippen molar-refractivity contribution in [1.29, 1.82) is 0 Å². The molecule has 2 aromatic rings. The van der Waals surface area contributed by atoms with Crippen molar-refractivity contribution >= 4 is 23.2 Å². The lowest BCUT2D eigenvalue weighted by Gasteiger charge is -2.27. The number of aryl methyl sites for hydroxylation is 2. The smallest absolute Gasteiger partial charge is 0.232 e. The van der Waals surface area contributed by atoms with Crippen LogP contribution in [0.4, 0.5) is 20.2 Å². The molecular formula is C21H23F2N3O2. The first-order valence-corrected chi connectivity index (χ1v) is 9.13. The Morgan fingerprint density at radius 2 is 1.57 bits per heavy atom. The summed E-state index contributed by atoms with van der Waals surface area (Å²) in [6.07, 6.45) is 0.416. The molecule has 1 heterocycles. The highest BCUT2D eigenvalue weighted by atomic mass is 19.1. The van der Waals surface area contributed by atoms with Crippen molar-refractivity contribution in [2.45, 2.75) is 26.7 Å². The van der Waals surface area contributed by atoms with Crippen LogP contribution >= 0.6 is 0 Å². The van der Waals surface area contributed by atoms with Gasteiger partial charge in [-0.3, -0.25) is 9.59 Å². The van der Waals surface area contributed by atoms with Crippen LogP contribution < -0.4 is 16.0 Å². The highest BCUT2D eigenvalue weighted by molar-refractivity contribution is 6.01. The SMILES string of the molecule is Cc1ccc(F)cc1NC(=O)CC1(C(=O)Nc2cc(F)ccc2C)CCNC1. The molecule has 0 bridgehead atoms. The van der Waals surface area contributed by atoms with Gasteiger partial charge in [0.25, 0.3) is 0 Å². The predicted molar refractivity (Wildman–Crippen MR) is 104 cm³/mol. The number of nitrogens with one attached hydrogen (secondary N) is 3. The molecule has 5 nitrogen and oxygen atoms in total. The fourth-order valence-electron chi connectivity index (χ4n) is 3.38. The molecule has 0 saturated carbocycles. The lowest BCUT2D eigenvalue weighted by Crippen LogP contribution is -2.41. The molecule has 148 valence electrons. The van der Waals surface area contributed by atoms with Gasteiger partial charge in [0.15, 0.2) is 0 Å².